The number of nitrogens with zero attached hydrogens (tertiary/aromatic N) is 1. The second-order valence-corrected chi connectivity index (χ2v) is 5.02. The van der Waals surface area contributed by atoms with Crippen molar-refractivity contribution in [3.63, 3.8) is 0 Å². The van der Waals surface area contributed by atoms with Crippen molar-refractivity contribution in [1.29, 1.82) is 0 Å². The third-order valence-corrected chi connectivity index (χ3v) is 3.51. The SMILES string of the molecule is COc1ccc(C#CCCO)cc1N1CCCCCC1=O. The molecule has 0 radical (unpaired) electrons. The van der Waals surface area contributed by atoms with Crippen molar-refractivity contribution in [2.24, 2.45) is 0 Å². The van der Waals surface area contributed by atoms with Crippen LogP contribution in [0.3, 0.4) is 0 Å². The van der Waals surface area contributed by atoms with E-state index in [1.54, 1.807) is 7.11 Å². The number of benzene rings is 1. The lowest BCUT2D eigenvalue weighted by Crippen LogP contribution is -2.30. The van der Waals surface area contributed by atoms with Gasteiger partial charge in [0.15, 0.2) is 0 Å². The van der Waals surface area contributed by atoms with Gasteiger partial charge in [0, 0.05) is 24.9 Å². The zero-order valence-corrected chi connectivity index (χ0v) is 12.4. The fourth-order valence-electron chi connectivity index (χ4n) is 2.44. The summed E-state index contributed by atoms with van der Waals surface area (Å²) in [6, 6.07) is 5.61. The van der Waals surface area contributed by atoms with Gasteiger partial charge < -0.3 is 14.7 Å². The van der Waals surface area contributed by atoms with E-state index in [-0.39, 0.29) is 12.5 Å². The maximum absolute atomic E-state index is 12.3. The molecule has 0 spiro atoms. The van der Waals surface area contributed by atoms with E-state index in [1.165, 1.54) is 0 Å². The number of carbonyl (C=O) groups excluding carboxylic acids is 1. The highest BCUT2D eigenvalue weighted by atomic mass is 16.5. The Morgan fingerprint density at radius 3 is 2.95 bits per heavy atom. The standard InChI is InChI=1S/C17H21NO3/c1-21-16-10-9-14(7-4-6-12-19)13-15(16)18-11-5-2-3-8-17(18)20/h9-10,13,19H,2-3,5-6,8,11-12H2,1H3. The predicted molar refractivity (Wildman–Crippen MR) is 82.4 cm³/mol. The van der Waals surface area contributed by atoms with Gasteiger partial charge in [-0.2, -0.15) is 0 Å². The summed E-state index contributed by atoms with van der Waals surface area (Å²) in [5.41, 5.74) is 1.62. The van der Waals surface area contributed by atoms with E-state index in [0.29, 0.717) is 18.6 Å². The van der Waals surface area contributed by atoms with Crippen LogP contribution < -0.4 is 9.64 Å². The molecule has 4 heteroatoms. The molecule has 2 rings (SSSR count). The zero-order valence-electron chi connectivity index (χ0n) is 12.4. The van der Waals surface area contributed by atoms with Crippen molar-refractivity contribution in [3.8, 4) is 17.6 Å². The predicted octanol–water partition coefficient (Wildman–Crippen LogP) is 2.34. The Balaban J connectivity index is 2.33. The Morgan fingerprint density at radius 2 is 2.19 bits per heavy atom. The van der Waals surface area contributed by atoms with Gasteiger partial charge in [0.25, 0.3) is 0 Å². The summed E-state index contributed by atoms with van der Waals surface area (Å²) in [5, 5.41) is 8.78. The molecule has 0 aromatic heterocycles. The van der Waals surface area contributed by atoms with Crippen LogP contribution in [-0.2, 0) is 4.79 Å². The fourth-order valence-corrected chi connectivity index (χ4v) is 2.44. The Kier molecular flexibility index (Phi) is 5.65. The summed E-state index contributed by atoms with van der Waals surface area (Å²) in [6.45, 7) is 0.781. The molecule has 4 nitrogen and oxygen atoms in total. The number of aliphatic hydroxyl groups excluding tert-OH is 1. The van der Waals surface area contributed by atoms with Crippen LogP contribution in [-0.4, -0.2) is 31.3 Å². The van der Waals surface area contributed by atoms with Crippen molar-refractivity contribution in [3.05, 3.63) is 23.8 Å². The molecule has 21 heavy (non-hydrogen) atoms. The molecule has 1 fully saturated rings. The largest absolute Gasteiger partial charge is 0.495 e. The van der Waals surface area contributed by atoms with Gasteiger partial charge in [0.2, 0.25) is 5.91 Å². The average Bonchev–Trinajstić information content (AvgIpc) is 2.72. The van der Waals surface area contributed by atoms with Crippen LogP contribution in [0.25, 0.3) is 0 Å². The first-order valence-corrected chi connectivity index (χ1v) is 7.34. The van der Waals surface area contributed by atoms with Crippen molar-refractivity contribution < 1.29 is 14.6 Å². The van der Waals surface area contributed by atoms with Gasteiger partial charge in [-0.15, -0.1) is 0 Å². The smallest absolute Gasteiger partial charge is 0.227 e. The molecule has 0 atom stereocenters. The van der Waals surface area contributed by atoms with Crippen molar-refractivity contribution in [2.75, 3.05) is 25.2 Å². The molecule has 1 aliphatic heterocycles. The number of amides is 1. The Morgan fingerprint density at radius 1 is 1.33 bits per heavy atom. The van der Waals surface area contributed by atoms with Gasteiger partial charge in [-0.3, -0.25) is 4.79 Å². The molecule has 112 valence electrons. The van der Waals surface area contributed by atoms with E-state index in [1.807, 2.05) is 23.1 Å². The molecule has 0 bridgehead atoms. The number of carbonyl (C=O) groups is 1. The van der Waals surface area contributed by atoms with Gasteiger partial charge in [-0.05, 0) is 31.0 Å². The number of rotatable bonds is 3. The average molecular weight is 287 g/mol. The minimum atomic E-state index is 0.0562. The van der Waals surface area contributed by atoms with E-state index in [9.17, 15) is 4.79 Å². The first-order chi connectivity index (χ1) is 10.3. The molecule has 1 aromatic carbocycles. The van der Waals surface area contributed by atoms with Crippen molar-refractivity contribution in [2.45, 2.75) is 32.1 Å². The van der Waals surface area contributed by atoms with Crippen LogP contribution in [0.2, 0.25) is 0 Å². The number of hydrogen-bond acceptors (Lipinski definition) is 3. The second-order valence-electron chi connectivity index (χ2n) is 5.02. The molecule has 1 N–H and O–H groups in total. The monoisotopic (exact) mass is 287 g/mol. The topological polar surface area (TPSA) is 49.8 Å². The molecular weight excluding hydrogens is 266 g/mol. The lowest BCUT2D eigenvalue weighted by atomic mass is 10.1. The quantitative estimate of drug-likeness (QED) is 0.868. The second kappa shape index (κ2) is 7.70. The van der Waals surface area contributed by atoms with Crippen LogP contribution in [0.1, 0.15) is 37.7 Å². The van der Waals surface area contributed by atoms with Crippen LogP contribution >= 0.6 is 0 Å². The maximum atomic E-state index is 12.3. The summed E-state index contributed by atoms with van der Waals surface area (Å²) < 4.78 is 5.39. The summed E-state index contributed by atoms with van der Waals surface area (Å²) in [4.78, 5) is 14.1. The molecule has 0 saturated carbocycles. The Bertz CT molecular complexity index is 557. The van der Waals surface area contributed by atoms with E-state index in [0.717, 1.165) is 37.1 Å². The van der Waals surface area contributed by atoms with Crippen molar-refractivity contribution in [1.82, 2.24) is 0 Å². The molecule has 1 saturated heterocycles. The maximum Gasteiger partial charge on any atom is 0.227 e. The zero-order chi connectivity index (χ0) is 15.1. The van der Waals surface area contributed by atoms with Gasteiger partial charge in [-0.1, -0.05) is 18.3 Å². The minimum Gasteiger partial charge on any atom is -0.495 e. The van der Waals surface area contributed by atoms with Crippen LogP contribution in [0.4, 0.5) is 5.69 Å². The van der Waals surface area contributed by atoms with E-state index < -0.39 is 0 Å². The molecule has 1 aliphatic rings. The molecular formula is C17H21NO3. The van der Waals surface area contributed by atoms with E-state index in [2.05, 4.69) is 11.8 Å². The lowest BCUT2D eigenvalue weighted by molar-refractivity contribution is -0.118. The van der Waals surface area contributed by atoms with Gasteiger partial charge in [0.05, 0.1) is 19.4 Å². The lowest BCUT2D eigenvalue weighted by Gasteiger charge is -2.23. The van der Waals surface area contributed by atoms with E-state index >= 15 is 0 Å². The van der Waals surface area contributed by atoms with E-state index in [4.69, 9.17) is 9.84 Å². The third kappa shape index (κ3) is 3.99. The van der Waals surface area contributed by atoms with Gasteiger partial charge >= 0.3 is 0 Å². The van der Waals surface area contributed by atoms with Gasteiger partial charge in [-0.25, -0.2) is 0 Å². The summed E-state index contributed by atoms with van der Waals surface area (Å²) in [5.74, 6) is 6.74. The van der Waals surface area contributed by atoms with Crippen molar-refractivity contribution >= 4 is 11.6 Å². The first kappa shape index (κ1) is 15.4. The first-order valence-electron chi connectivity index (χ1n) is 7.34. The summed E-state index contributed by atoms with van der Waals surface area (Å²) in [7, 11) is 1.61. The summed E-state index contributed by atoms with van der Waals surface area (Å²) in [6.07, 6.45) is 4.08. The molecule has 0 aliphatic carbocycles. The number of aliphatic hydroxyl groups is 1. The fraction of sp³-hybridized carbons (Fsp3) is 0.471. The highest BCUT2D eigenvalue weighted by molar-refractivity contribution is 5.95. The number of methoxy groups -OCH3 is 1. The van der Waals surface area contributed by atoms with Crippen LogP contribution in [0.5, 0.6) is 5.75 Å². The number of hydrogen-bond donors (Lipinski definition) is 1. The van der Waals surface area contributed by atoms with Crippen LogP contribution in [0.15, 0.2) is 18.2 Å². The minimum absolute atomic E-state index is 0.0562. The number of anilines is 1. The Labute approximate surface area is 125 Å². The summed E-state index contributed by atoms with van der Waals surface area (Å²) >= 11 is 0. The normalized spacial score (nSPS) is 15.1. The molecule has 1 aromatic rings. The third-order valence-electron chi connectivity index (χ3n) is 3.51. The van der Waals surface area contributed by atoms with Gasteiger partial charge in [0.1, 0.15) is 5.75 Å². The molecule has 0 unspecified atom stereocenters. The molecule has 1 heterocycles. The highest BCUT2D eigenvalue weighted by Gasteiger charge is 2.21. The van der Waals surface area contributed by atoms with Crippen LogP contribution in [0, 0.1) is 11.8 Å². The highest BCUT2D eigenvalue weighted by Crippen LogP contribution is 2.31. The number of ether oxygens (including phenoxy) is 1. The Hall–Kier alpha value is -1.99. The molecule has 1 amide bonds.